The predicted octanol–water partition coefficient (Wildman–Crippen LogP) is 5.46. The van der Waals surface area contributed by atoms with Crippen molar-refractivity contribution in [2.75, 3.05) is 17.2 Å². The first-order chi connectivity index (χ1) is 19.4. The van der Waals surface area contributed by atoms with E-state index in [1.54, 1.807) is 36.5 Å². The summed E-state index contributed by atoms with van der Waals surface area (Å²) in [5, 5.41) is 16.4. The first-order valence-electron chi connectivity index (χ1n) is 13.5. The van der Waals surface area contributed by atoms with Crippen LogP contribution in [-0.2, 0) is 9.59 Å². The van der Waals surface area contributed by atoms with Crippen LogP contribution >= 0.6 is 0 Å². The summed E-state index contributed by atoms with van der Waals surface area (Å²) in [6.07, 6.45) is 7.51. The van der Waals surface area contributed by atoms with Crippen molar-refractivity contribution in [1.29, 1.82) is 0 Å². The maximum Gasteiger partial charge on any atom is 0.241 e. The quantitative estimate of drug-likeness (QED) is 0.171. The van der Waals surface area contributed by atoms with Gasteiger partial charge in [-0.25, -0.2) is 4.98 Å². The van der Waals surface area contributed by atoms with Crippen LogP contribution in [0.4, 0.5) is 11.5 Å². The minimum atomic E-state index is -1.08. The molecule has 0 radical (unpaired) electrons. The Kier molecular flexibility index (Phi) is 6.81. The van der Waals surface area contributed by atoms with Gasteiger partial charge >= 0.3 is 0 Å². The Balaban J connectivity index is 1.06. The zero-order valence-corrected chi connectivity index (χ0v) is 21.9. The monoisotopic (exact) mass is 538 g/mol. The van der Waals surface area contributed by atoms with Crippen LogP contribution in [0.5, 0.6) is 17.2 Å². The molecule has 40 heavy (non-hydrogen) atoms. The van der Waals surface area contributed by atoms with Crippen LogP contribution < -0.4 is 20.1 Å². The molecule has 2 saturated carbocycles. The molecule has 2 heterocycles. The van der Waals surface area contributed by atoms with E-state index in [0.717, 1.165) is 36.6 Å². The number of benzene rings is 2. The fourth-order valence-corrected chi connectivity index (χ4v) is 4.60. The molecule has 2 aromatic carbocycles. The second kappa shape index (κ2) is 10.6. The molecule has 3 N–H and O–H groups in total. The molecule has 2 aliphatic carbocycles. The zero-order valence-electron chi connectivity index (χ0n) is 21.9. The second-order valence-electron chi connectivity index (χ2n) is 10.5. The molecule has 2 amide bonds. The number of nitrogens with one attached hydrogen (secondary N) is 2. The zero-order chi connectivity index (χ0) is 27.6. The van der Waals surface area contributed by atoms with Gasteiger partial charge in [0.25, 0.3) is 0 Å². The van der Waals surface area contributed by atoms with Gasteiger partial charge in [-0.2, -0.15) is 0 Å². The lowest BCUT2D eigenvalue weighted by Gasteiger charge is -2.15. The average Bonchev–Trinajstić information content (AvgIpc) is 3.90. The number of anilines is 2. The summed E-state index contributed by atoms with van der Waals surface area (Å²) < 4.78 is 11.9. The summed E-state index contributed by atoms with van der Waals surface area (Å²) in [5.41, 5.74) is -0.153. The summed E-state index contributed by atoms with van der Waals surface area (Å²) in [6.45, 7) is 0.539. The van der Waals surface area contributed by atoms with Crippen LogP contribution in [0.1, 0.15) is 38.5 Å². The van der Waals surface area contributed by atoms with E-state index in [-0.39, 0.29) is 11.8 Å². The largest absolute Gasteiger partial charge is 0.494 e. The van der Waals surface area contributed by atoms with E-state index in [9.17, 15) is 14.7 Å². The molecule has 0 atom stereocenters. The van der Waals surface area contributed by atoms with E-state index in [0.29, 0.717) is 48.2 Å². The van der Waals surface area contributed by atoms with Crippen LogP contribution in [0.15, 0.2) is 79.1 Å². The first-order valence-corrected chi connectivity index (χ1v) is 13.5. The van der Waals surface area contributed by atoms with Gasteiger partial charge in [0.05, 0.1) is 23.9 Å². The third kappa shape index (κ3) is 5.74. The van der Waals surface area contributed by atoms with Crippen LogP contribution in [0, 0.1) is 5.41 Å². The topological polar surface area (TPSA) is 123 Å². The van der Waals surface area contributed by atoms with Crippen molar-refractivity contribution in [2.45, 2.75) is 44.1 Å². The molecule has 6 rings (SSSR count). The fourth-order valence-electron chi connectivity index (χ4n) is 4.60. The average molecular weight is 539 g/mol. The molecule has 9 heteroatoms. The van der Waals surface area contributed by atoms with Gasteiger partial charge in [0.2, 0.25) is 11.8 Å². The van der Waals surface area contributed by atoms with E-state index < -0.39 is 11.0 Å². The molecule has 0 aliphatic heterocycles. The molecule has 2 fully saturated rings. The molecule has 2 aromatic heterocycles. The fraction of sp³-hybridized carbons (Fsp3) is 0.290. The summed E-state index contributed by atoms with van der Waals surface area (Å²) in [4.78, 5) is 34.5. The molecular weight excluding hydrogens is 508 g/mol. The van der Waals surface area contributed by atoms with Crippen molar-refractivity contribution >= 4 is 34.2 Å². The number of aromatic nitrogens is 2. The number of amides is 2. The van der Waals surface area contributed by atoms with E-state index in [4.69, 9.17) is 9.47 Å². The maximum absolute atomic E-state index is 12.9. The van der Waals surface area contributed by atoms with Gasteiger partial charge in [0, 0.05) is 23.3 Å². The van der Waals surface area contributed by atoms with Crippen molar-refractivity contribution in [2.24, 2.45) is 5.41 Å². The van der Waals surface area contributed by atoms with Gasteiger partial charge in [0.15, 0.2) is 0 Å². The lowest BCUT2D eigenvalue weighted by Crippen LogP contribution is -2.35. The van der Waals surface area contributed by atoms with E-state index in [2.05, 4.69) is 20.6 Å². The molecule has 0 unspecified atom stereocenters. The lowest BCUT2D eigenvalue weighted by molar-refractivity contribution is -0.131. The van der Waals surface area contributed by atoms with E-state index in [1.807, 2.05) is 36.4 Å². The Bertz CT molecular complexity index is 1530. The number of hydrogen-bond donors (Lipinski definition) is 3. The summed E-state index contributed by atoms with van der Waals surface area (Å²) in [5.74, 6) is 1.47. The smallest absolute Gasteiger partial charge is 0.241 e. The molecule has 204 valence electrons. The third-order valence-corrected chi connectivity index (χ3v) is 7.41. The normalized spacial score (nSPS) is 16.1. The van der Waals surface area contributed by atoms with Gasteiger partial charge in [0.1, 0.15) is 28.5 Å². The van der Waals surface area contributed by atoms with Gasteiger partial charge < -0.3 is 25.2 Å². The lowest BCUT2D eigenvalue weighted by atomic mass is 10.1. The number of ether oxygens (including phenoxy) is 2. The molecule has 9 nitrogen and oxygen atoms in total. The SMILES string of the molecule is O=C(Nc1ccccc1)C1(C(=O)Nc2ccc(Oc3ccnc4cc(OCCCC5(O)CC5)ccc34)cn2)CC1. The number of rotatable bonds is 11. The van der Waals surface area contributed by atoms with Crippen molar-refractivity contribution in [3.05, 3.63) is 79.1 Å². The predicted molar refractivity (Wildman–Crippen MR) is 150 cm³/mol. The highest BCUT2D eigenvalue weighted by atomic mass is 16.5. The molecule has 4 aromatic rings. The highest BCUT2D eigenvalue weighted by Crippen LogP contribution is 2.47. The van der Waals surface area contributed by atoms with Crippen LogP contribution in [-0.4, -0.2) is 39.1 Å². The Morgan fingerprint density at radius 2 is 1.65 bits per heavy atom. The van der Waals surface area contributed by atoms with Crippen molar-refractivity contribution < 1.29 is 24.2 Å². The van der Waals surface area contributed by atoms with Gasteiger partial charge in [-0.1, -0.05) is 18.2 Å². The Morgan fingerprint density at radius 1 is 0.875 bits per heavy atom. The van der Waals surface area contributed by atoms with Gasteiger partial charge in [-0.3, -0.25) is 14.6 Å². The van der Waals surface area contributed by atoms with Crippen LogP contribution in [0.3, 0.4) is 0 Å². The van der Waals surface area contributed by atoms with Crippen LogP contribution in [0.25, 0.3) is 10.9 Å². The number of hydrogen-bond acceptors (Lipinski definition) is 7. The van der Waals surface area contributed by atoms with E-state index in [1.165, 1.54) is 6.20 Å². The number of carbonyl (C=O) groups is 2. The molecule has 0 spiro atoms. The minimum absolute atomic E-state index is 0.314. The highest BCUT2D eigenvalue weighted by molar-refractivity contribution is 6.16. The Morgan fingerprint density at radius 3 is 2.38 bits per heavy atom. The van der Waals surface area contributed by atoms with E-state index >= 15 is 0 Å². The van der Waals surface area contributed by atoms with Crippen molar-refractivity contribution in [3.8, 4) is 17.2 Å². The summed E-state index contributed by atoms with van der Waals surface area (Å²) in [6, 6.07) is 19.9. The number of carbonyl (C=O) groups excluding carboxylic acids is 2. The Hall–Kier alpha value is -4.50. The number of nitrogens with zero attached hydrogens (tertiary/aromatic N) is 2. The standard InChI is InChI=1S/C31H30N4O5/c36-28(34-21-5-2-1-3-6-21)31(15-16-31)29(37)35-27-10-8-23(20-33-27)40-26-11-17-32-25-19-22(7-9-24(25)26)39-18-4-12-30(38)13-14-30/h1-3,5-11,17,19-20,38H,4,12-16,18H2,(H,34,36)(H,33,35,37). The third-order valence-electron chi connectivity index (χ3n) is 7.41. The number of fused-ring (bicyclic) bond motifs is 1. The van der Waals surface area contributed by atoms with Crippen LogP contribution in [0.2, 0.25) is 0 Å². The highest BCUT2D eigenvalue weighted by Gasteiger charge is 2.56. The minimum Gasteiger partial charge on any atom is -0.494 e. The van der Waals surface area contributed by atoms with Gasteiger partial charge in [-0.05, 0) is 81.0 Å². The maximum atomic E-state index is 12.9. The first kappa shape index (κ1) is 25.8. The van der Waals surface area contributed by atoms with Crippen molar-refractivity contribution in [3.63, 3.8) is 0 Å². The molecule has 2 aliphatic rings. The molecule has 0 bridgehead atoms. The molecular formula is C31H30N4O5. The number of aliphatic hydroxyl groups is 1. The van der Waals surface area contributed by atoms with Gasteiger partial charge in [-0.15, -0.1) is 0 Å². The Labute approximate surface area is 231 Å². The second-order valence-corrected chi connectivity index (χ2v) is 10.5. The number of pyridine rings is 2. The molecule has 0 saturated heterocycles. The summed E-state index contributed by atoms with van der Waals surface area (Å²) >= 11 is 0. The summed E-state index contributed by atoms with van der Waals surface area (Å²) in [7, 11) is 0. The van der Waals surface area contributed by atoms with Crippen molar-refractivity contribution in [1.82, 2.24) is 9.97 Å². The number of para-hydroxylation sites is 1.